The second kappa shape index (κ2) is 9.80. The maximum Gasteiger partial charge on any atom is 0.338 e. The zero-order chi connectivity index (χ0) is 21.4. The first-order valence-corrected chi connectivity index (χ1v) is 10.1. The Kier molecular flexibility index (Phi) is 7.46. The average molecular weight is 419 g/mol. The normalized spacial score (nSPS) is 10.8. The lowest BCUT2D eigenvalue weighted by molar-refractivity contribution is -0.115. The van der Waals surface area contributed by atoms with E-state index >= 15 is 0 Å². The maximum atomic E-state index is 12.3. The molecule has 3 N–H and O–H groups in total. The number of esters is 1. The largest absolute Gasteiger partial charge is 0.462 e. The van der Waals surface area contributed by atoms with Crippen LogP contribution in [0.5, 0.6) is 0 Å². The van der Waals surface area contributed by atoms with Crippen LogP contribution in [0, 0.1) is 0 Å². The van der Waals surface area contributed by atoms with Crippen LogP contribution in [0.15, 0.2) is 53.4 Å². The highest BCUT2D eigenvalue weighted by Gasteiger charge is 2.17. The van der Waals surface area contributed by atoms with E-state index in [0.717, 1.165) is 0 Å². The number of anilines is 2. The molecule has 0 unspecified atom stereocenters. The minimum absolute atomic E-state index is 0.0852. The number of amides is 2. The Hall–Kier alpha value is -3.24. The van der Waals surface area contributed by atoms with E-state index in [1.54, 1.807) is 31.2 Å². The number of ether oxygens (including phenoxy) is 1. The number of carbonyl (C=O) groups excluding carboxylic acids is 3. The van der Waals surface area contributed by atoms with E-state index in [2.05, 4.69) is 15.4 Å². The van der Waals surface area contributed by atoms with Crippen LogP contribution in [0.25, 0.3) is 0 Å². The van der Waals surface area contributed by atoms with Crippen molar-refractivity contribution >= 4 is 39.2 Å². The highest BCUT2D eigenvalue weighted by atomic mass is 32.2. The highest BCUT2D eigenvalue weighted by molar-refractivity contribution is 7.89. The number of benzene rings is 2. The first-order chi connectivity index (χ1) is 13.7. The van der Waals surface area contributed by atoms with Gasteiger partial charge in [0.1, 0.15) is 0 Å². The summed E-state index contributed by atoms with van der Waals surface area (Å²) in [5, 5.41) is 5.14. The fourth-order valence-corrected chi connectivity index (χ4v) is 3.26. The number of rotatable bonds is 8. The van der Waals surface area contributed by atoms with Gasteiger partial charge in [-0.1, -0.05) is 0 Å². The van der Waals surface area contributed by atoms with E-state index < -0.39 is 28.4 Å². The van der Waals surface area contributed by atoms with Crippen molar-refractivity contribution in [1.82, 2.24) is 4.72 Å². The number of sulfonamides is 1. The van der Waals surface area contributed by atoms with Crippen molar-refractivity contribution in [3.05, 3.63) is 54.1 Å². The predicted octanol–water partition coefficient (Wildman–Crippen LogP) is 1.74. The van der Waals surface area contributed by atoms with Crippen molar-refractivity contribution in [3.63, 3.8) is 0 Å². The Morgan fingerprint density at radius 1 is 0.897 bits per heavy atom. The molecule has 0 aliphatic carbocycles. The van der Waals surface area contributed by atoms with Gasteiger partial charge in [0.25, 0.3) is 0 Å². The van der Waals surface area contributed by atoms with Crippen LogP contribution >= 0.6 is 0 Å². The van der Waals surface area contributed by atoms with Crippen LogP contribution in [0.3, 0.4) is 0 Å². The molecule has 10 heteroatoms. The van der Waals surface area contributed by atoms with Crippen molar-refractivity contribution in [2.45, 2.75) is 18.7 Å². The average Bonchev–Trinajstić information content (AvgIpc) is 2.68. The molecular formula is C19H21N3O6S. The van der Waals surface area contributed by atoms with Gasteiger partial charge in [0, 0.05) is 18.3 Å². The molecule has 29 heavy (non-hydrogen) atoms. The van der Waals surface area contributed by atoms with Gasteiger partial charge in [-0.05, 0) is 55.5 Å². The first-order valence-electron chi connectivity index (χ1n) is 8.65. The fraction of sp³-hybridized carbons (Fsp3) is 0.211. The van der Waals surface area contributed by atoms with E-state index in [1.807, 2.05) is 0 Å². The molecule has 0 spiro atoms. The molecule has 0 aliphatic heterocycles. The number of nitrogens with one attached hydrogen (secondary N) is 3. The lowest BCUT2D eigenvalue weighted by Gasteiger charge is -2.09. The monoisotopic (exact) mass is 419 g/mol. The molecule has 2 amide bonds. The van der Waals surface area contributed by atoms with E-state index in [9.17, 15) is 22.8 Å². The SMILES string of the molecule is CCOC(=O)c1ccc(S(=O)(=O)NCC(=O)Nc2ccc(NC(C)=O)cc2)cc1. The third-order valence-electron chi connectivity index (χ3n) is 3.59. The third-order valence-corrected chi connectivity index (χ3v) is 5.00. The van der Waals surface area contributed by atoms with E-state index in [1.165, 1.54) is 31.2 Å². The number of carbonyl (C=O) groups is 3. The summed E-state index contributed by atoms with van der Waals surface area (Å²) in [6, 6.07) is 11.5. The zero-order valence-corrected chi connectivity index (χ0v) is 16.7. The number of hydrogen-bond donors (Lipinski definition) is 3. The quantitative estimate of drug-likeness (QED) is 0.559. The van der Waals surface area contributed by atoms with Gasteiger partial charge in [-0.15, -0.1) is 0 Å². The molecule has 0 saturated carbocycles. The molecule has 0 bridgehead atoms. The first kappa shape index (κ1) is 22.1. The Morgan fingerprint density at radius 2 is 1.45 bits per heavy atom. The molecule has 0 fully saturated rings. The maximum absolute atomic E-state index is 12.3. The summed E-state index contributed by atoms with van der Waals surface area (Å²) in [6.45, 7) is 2.79. The van der Waals surface area contributed by atoms with Gasteiger partial charge in [0.05, 0.1) is 23.6 Å². The molecule has 0 aromatic heterocycles. The second-order valence-electron chi connectivity index (χ2n) is 5.88. The molecule has 0 aliphatic rings. The molecule has 0 saturated heterocycles. The zero-order valence-electron chi connectivity index (χ0n) is 15.9. The van der Waals surface area contributed by atoms with Gasteiger partial charge in [-0.2, -0.15) is 0 Å². The van der Waals surface area contributed by atoms with Crippen LogP contribution in [-0.2, 0) is 24.3 Å². The molecule has 0 radical (unpaired) electrons. The van der Waals surface area contributed by atoms with Crippen LogP contribution in [0.4, 0.5) is 11.4 Å². The van der Waals surface area contributed by atoms with Gasteiger partial charge < -0.3 is 15.4 Å². The van der Waals surface area contributed by atoms with Crippen LogP contribution < -0.4 is 15.4 Å². The lowest BCUT2D eigenvalue weighted by atomic mass is 10.2. The van der Waals surface area contributed by atoms with Crippen molar-refractivity contribution < 1.29 is 27.5 Å². The summed E-state index contributed by atoms with van der Waals surface area (Å²) in [7, 11) is -3.93. The van der Waals surface area contributed by atoms with Crippen LogP contribution in [0.1, 0.15) is 24.2 Å². The minimum atomic E-state index is -3.93. The van der Waals surface area contributed by atoms with Gasteiger partial charge >= 0.3 is 5.97 Å². The van der Waals surface area contributed by atoms with E-state index in [0.29, 0.717) is 11.4 Å². The van der Waals surface area contributed by atoms with E-state index in [4.69, 9.17) is 4.74 Å². The van der Waals surface area contributed by atoms with Gasteiger partial charge in [0.2, 0.25) is 21.8 Å². The Labute approximate surface area is 168 Å². The molecule has 9 nitrogen and oxygen atoms in total. The van der Waals surface area contributed by atoms with Crippen LogP contribution in [0.2, 0.25) is 0 Å². The summed E-state index contributed by atoms with van der Waals surface area (Å²) >= 11 is 0. The van der Waals surface area contributed by atoms with Gasteiger partial charge in [-0.3, -0.25) is 9.59 Å². The summed E-state index contributed by atoms with van der Waals surface area (Å²) in [4.78, 5) is 34.5. The Balaban J connectivity index is 1.93. The third kappa shape index (κ3) is 6.70. The fourth-order valence-electron chi connectivity index (χ4n) is 2.27. The lowest BCUT2D eigenvalue weighted by Crippen LogP contribution is -2.32. The van der Waals surface area contributed by atoms with Crippen molar-refractivity contribution in [2.75, 3.05) is 23.8 Å². The summed E-state index contributed by atoms with van der Waals surface area (Å²) < 4.78 is 31.6. The Bertz CT molecular complexity index is 986. The van der Waals surface area contributed by atoms with Crippen LogP contribution in [-0.4, -0.2) is 39.4 Å². The molecule has 2 aromatic rings. The smallest absolute Gasteiger partial charge is 0.338 e. The van der Waals surface area contributed by atoms with Crippen molar-refractivity contribution in [3.8, 4) is 0 Å². The topological polar surface area (TPSA) is 131 Å². The van der Waals surface area contributed by atoms with Gasteiger partial charge in [-0.25, -0.2) is 17.9 Å². The predicted molar refractivity (Wildman–Crippen MR) is 107 cm³/mol. The van der Waals surface area contributed by atoms with Crippen molar-refractivity contribution in [2.24, 2.45) is 0 Å². The molecule has 0 heterocycles. The second-order valence-corrected chi connectivity index (χ2v) is 7.64. The van der Waals surface area contributed by atoms with Gasteiger partial charge in [0.15, 0.2) is 0 Å². The summed E-state index contributed by atoms with van der Waals surface area (Å²) in [5.74, 6) is -1.33. The van der Waals surface area contributed by atoms with Crippen molar-refractivity contribution in [1.29, 1.82) is 0 Å². The summed E-state index contributed by atoms with van der Waals surface area (Å²) in [5.41, 5.74) is 1.25. The minimum Gasteiger partial charge on any atom is -0.462 e. The molecular weight excluding hydrogens is 398 g/mol. The standard InChI is InChI=1S/C19H21N3O6S/c1-3-28-19(25)14-4-10-17(11-5-14)29(26,27)20-12-18(24)22-16-8-6-15(7-9-16)21-13(2)23/h4-11,20H,3,12H2,1-2H3,(H,21,23)(H,22,24). The van der Waals surface area contributed by atoms with E-state index in [-0.39, 0.29) is 23.0 Å². The molecule has 0 atom stereocenters. The molecule has 154 valence electrons. The molecule has 2 aromatic carbocycles. The molecule has 2 rings (SSSR count). The number of hydrogen-bond acceptors (Lipinski definition) is 6. The highest BCUT2D eigenvalue weighted by Crippen LogP contribution is 2.14. The summed E-state index contributed by atoms with van der Waals surface area (Å²) in [6.07, 6.45) is 0. The Morgan fingerprint density at radius 3 is 1.97 bits per heavy atom.